The highest BCUT2D eigenvalue weighted by molar-refractivity contribution is 6.08. The molecule has 39 heavy (non-hydrogen) atoms. The van der Waals surface area contributed by atoms with E-state index in [4.69, 9.17) is 4.74 Å². The van der Waals surface area contributed by atoms with Gasteiger partial charge in [0, 0.05) is 44.9 Å². The number of methoxy groups -OCH3 is 1. The van der Waals surface area contributed by atoms with Crippen LogP contribution in [0.2, 0.25) is 0 Å². The van der Waals surface area contributed by atoms with Gasteiger partial charge in [-0.05, 0) is 60.3 Å². The minimum atomic E-state index is -4.97. The molecule has 3 aromatic rings. The van der Waals surface area contributed by atoms with E-state index in [-0.39, 0.29) is 18.4 Å². The molecule has 208 valence electrons. The monoisotopic (exact) mass is 545 g/mol. The van der Waals surface area contributed by atoms with Gasteiger partial charge in [0.15, 0.2) is 0 Å². The largest absolute Gasteiger partial charge is 0.471 e. The average Bonchev–Trinajstić information content (AvgIpc) is 3.71. The summed E-state index contributed by atoms with van der Waals surface area (Å²) in [5, 5.41) is 2.76. The summed E-state index contributed by atoms with van der Waals surface area (Å²) < 4.78 is 59.6. The second kappa shape index (κ2) is 11.0. The number of carbonyl (C=O) groups excluding carboxylic acids is 2. The van der Waals surface area contributed by atoms with Crippen LogP contribution in [0.5, 0.6) is 0 Å². The molecular formula is C29H31F4N3O3. The third kappa shape index (κ3) is 5.80. The van der Waals surface area contributed by atoms with Crippen molar-refractivity contribution in [1.29, 1.82) is 0 Å². The molecular weight excluding hydrogens is 514 g/mol. The van der Waals surface area contributed by atoms with Gasteiger partial charge in [-0.15, -0.1) is 0 Å². The molecule has 0 spiro atoms. The van der Waals surface area contributed by atoms with Gasteiger partial charge in [0.2, 0.25) is 0 Å². The van der Waals surface area contributed by atoms with Gasteiger partial charge in [-0.1, -0.05) is 30.3 Å². The average molecular weight is 546 g/mol. The van der Waals surface area contributed by atoms with Crippen LogP contribution >= 0.6 is 0 Å². The quantitative estimate of drug-likeness (QED) is 0.380. The highest BCUT2D eigenvalue weighted by atomic mass is 19.4. The van der Waals surface area contributed by atoms with Crippen molar-refractivity contribution in [1.82, 2.24) is 14.8 Å². The van der Waals surface area contributed by atoms with E-state index in [0.717, 1.165) is 23.7 Å². The zero-order chi connectivity index (χ0) is 27.7. The highest BCUT2D eigenvalue weighted by Gasteiger charge is 2.38. The molecule has 1 saturated heterocycles. The smallest absolute Gasteiger partial charge is 0.383 e. The lowest BCUT2D eigenvalue weighted by Gasteiger charge is -2.32. The van der Waals surface area contributed by atoms with Crippen LogP contribution in [0.15, 0.2) is 42.6 Å². The van der Waals surface area contributed by atoms with E-state index in [9.17, 15) is 27.2 Å². The van der Waals surface area contributed by atoms with E-state index in [2.05, 4.69) is 10.6 Å². The number of likely N-dealkylation sites (tertiary alicyclic amines) is 1. The summed E-state index contributed by atoms with van der Waals surface area (Å²) >= 11 is 0. The molecule has 2 heterocycles. The third-order valence-corrected chi connectivity index (χ3v) is 7.71. The van der Waals surface area contributed by atoms with Gasteiger partial charge >= 0.3 is 12.1 Å². The molecule has 5 rings (SSSR count). The summed E-state index contributed by atoms with van der Waals surface area (Å²) in [6.07, 6.45) is 0.295. The van der Waals surface area contributed by atoms with Gasteiger partial charge < -0.3 is 19.5 Å². The number of piperidine rings is 1. The Hall–Kier alpha value is -3.40. The van der Waals surface area contributed by atoms with Gasteiger partial charge in [0.05, 0.1) is 17.7 Å². The zero-order valence-corrected chi connectivity index (χ0v) is 21.7. The van der Waals surface area contributed by atoms with Crippen LogP contribution in [0.4, 0.5) is 17.6 Å². The Morgan fingerprint density at radius 1 is 1.03 bits per heavy atom. The molecule has 1 saturated carbocycles. The van der Waals surface area contributed by atoms with E-state index in [1.54, 1.807) is 12.0 Å². The van der Waals surface area contributed by atoms with Crippen molar-refractivity contribution in [3.05, 3.63) is 70.7 Å². The van der Waals surface area contributed by atoms with Crippen molar-refractivity contribution >= 4 is 22.7 Å². The van der Waals surface area contributed by atoms with Crippen molar-refractivity contribution in [3.8, 4) is 0 Å². The lowest BCUT2D eigenvalue weighted by atomic mass is 9.88. The summed E-state index contributed by atoms with van der Waals surface area (Å²) in [4.78, 5) is 26.6. The lowest BCUT2D eigenvalue weighted by Crippen LogP contribution is -2.38. The van der Waals surface area contributed by atoms with Crippen LogP contribution in [-0.4, -0.2) is 54.3 Å². The molecule has 0 bridgehead atoms. The Kier molecular flexibility index (Phi) is 7.66. The molecule has 2 aliphatic rings. The SMILES string of the molecule is COCCn1cc(C(=O)N2CCC(c3cc(CNC(=O)C(F)(F)F)ccc3F)CC2)c2cccc(C3CC3)c21. The van der Waals surface area contributed by atoms with E-state index >= 15 is 0 Å². The van der Waals surface area contributed by atoms with Crippen LogP contribution in [0.25, 0.3) is 10.9 Å². The molecule has 2 aromatic carbocycles. The minimum Gasteiger partial charge on any atom is -0.383 e. The lowest BCUT2D eigenvalue weighted by molar-refractivity contribution is -0.173. The predicted molar refractivity (Wildman–Crippen MR) is 138 cm³/mol. The number of amides is 2. The van der Waals surface area contributed by atoms with Crippen molar-refractivity contribution in [2.45, 2.75) is 56.8 Å². The number of carbonyl (C=O) groups is 2. The van der Waals surface area contributed by atoms with Gasteiger partial charge in [-0.25, -0.2) is 4.39 Å². The summed E-state index contributed by atoms with van der Waals surface area (Å²) in [7, 11) is 1.65. The van der Waals surface area contributed by atoms with Gasteiger partial charge in [0.25, 0.3) is 5.91 Å². The number of halogens is 4. The van der Waals surface area contributed by atoms with Crippen LogP contribution in [0.1, 0.15) is 64.6 Å². The maximum atomic E-state index is 14.7. The first kappa shape index (κ1) is 27.2. The summed E-state index contributed by atoms with van der Waals surface area (Å²) in [5.41, 5.74) is 3.79. The minimum absolute atomic E-state index is 0.0633. The fourth-order valence-electron chi connectivity index (χ4n) is 5.51. The molecule has 1 N–H and O–H groups in total. The standard InChI is InChI=1S/C29H31F4N3O3/c1-39-14-13-36-17-24(22-4-2-3-21(26(22)36)19-6-7-19)27(37)35-11-9-20(10-12-35)23-15-18(5-8-25(23)30)16-34-28(38)29(31,32)33/h2-5,8,15,17,19-20H,6-7,9-14,16H2,1H3,(H,34,38). The molecule has 0 radical (unpaired) electrons. The number of rotatable bonds is 8. The van der Waals surface area contributed by atoms with Crippen LogP contribution in [0.3, 0.4) is 0 Å². The molecule has 2 amide bonds. The maximum absolute atomic E-state index is 14.7. The van der Waals surface area contributed by atoms with E-state index in [0.29, 0.717) is 61.7 Å². The van der Waals surface area contributed by atoms with Gasteiger partial charge in [-0.2, -0.15) is 13.2 Å². The molecule has 10 heteroatoms. The summed E-state index contributed by atoms with van der Waals surface area (Å²) in [5.74, 6) is -2.20. The Balaban J connectivity index is 1.30. The molecule has 6 nitrogen and oxygen atoms in total. The number of hydrogen-bond acceptors (Lipinski definition) is 3. The Morgan fingerprint density at radius 2 is 1.74 bits per heavy atom. The summed E-state index contributed by atoms with van der Waals surface area (Å²) in [6, 6.07) is 10.2. The molecule has 1 aliphatic carbocycles. The number of alkyl halides is 3. The topological polar surface area (TPSA) is 63.6 Å². The fourth-order valence-corrected chi connectivity index (χ4v) is 5.51. The second-order valence-corrected chi connectivity index (χ2v) is 10.3. The first-order valence-electron chi connectivity index (χ1n) is 13.2. The Morgan fingerprint density at radius 3 is 2.41 bits per heavy atom. The zero-order valence-electron chi connectivity index (χ0n) is 21.7. The van der Waals surface area contributed by atoms with Gasteiger partial charge in [0.1, 0.15) is 5.82 Å². The number of fused-ring (bicyclic) bond motifs is 1. The van der Waals surface area contributed by atoms with Gasteiger partial charge in [-0.3, -0.25) is 9.59 Å². The molecule has 1 aliphatic heterocycles. The highest BCUT2D eigenvalue weighted by Crippen LogP contribution is 2.44. The van der Waals surface area contributed by atoms with Crippen molar-refractivity contribution in [2.24, 2.45) is 0 Å². The number of ether oxygens (including phenoxy) is 1. The van der Waals surface area contributed by atoms with Crippen LogP contribution < -0.4 is 5.32 Å². The Bertz CT molecular complexity index is 1370. The first-order valence-corrected chi connectivity index (χ1v) is 13.2. The van der Waals surface area contributed by atoms with Crippen molar-refractivity contribution < 1.29 is 31.9 Å². The number of para-hydroxylation sites is 1. The summed E-state index contributed by atoms with van der Waals surface area (Å²) in [6.45, 7) is 1.70. The van der Waals surface area contributed by atoms with Crippen molar-refractivity contribution in [3.63, 3.8) is 0 Å². The van der Waals surface area contributed by atoms with E-state index < -0.39 is 17.9 Å². The van der Waals surface area contributed by atoms with E-state index in [1.807, 2.05) is 23.6 Å². The second-order valence-electron chi connectivity index (χ2n) is 10.3. The number of aromatic nitrogens is 1. The number of hydrogen-bond donors (Lipinski definition) is 1. The first-order chi connectivity index (χ1) is 18.7. The number of nitrogens with zero attached hydrogens (tertiary/aromatic N) is 2. The normalized spacial score (nSPS) is 16.6. The third-order valence-electron chi connectivity index (χ3n) is 7.71. The predicted octanol–water partition coefficient (Wildman–Crippen LogP) is 5.50. The molecule has 0 atom stereocenters. The fraction of sp³-hybridized carbons (Fsp3) is 0.448. The maximum Gasteiger partial charge on any atom is 0.471 e. The molecule has 2 fully saturated rings. The molecule has 0 unspecified atom stereocenters. The van der Waals surface area contributed by atoms with Crippen LogP contribution in [0, 0.1) is 5.82 Å². The number of benzene rings is 2. The van der Waals surface area contributed by atoms with Crippen molar-refractivity contribution in [2.75, 3.05) is 26.8 Å². The van der Waals surface area contributed by atoms with E-state index in [1.165, 1.54) is 23.8 Å². The molecule has 1 aromatic heterocycles. The van der Waals surface area contributed by atoms with Crippen LogP contribution in [-0.2, 0) is 22.6 Å². The number of nitrogens with one attached hydrogen (secondary N) is 1. The Labute approximate surface area is 223 Å².